The molecule has 2 aromatic carbocycles. The molecule has 0 atom stereocenters. The lowest BCUT2D eigenvalue weighted by atomic mass is 10.1. The number of benzene rings is 2. The number of ether oxygens (including phenoxy) is 2. The van der Waals surface area contributed by atoms with E-state index in [1.165, 1.54) is 11.3 Å². The van der Waals surface area contributed by atoms with Gasteiger partial charge in [0.05, 0.1) is 25.6 Å². The molecule has 0 unspecified atom stereocenters. The molecule has 2 heterocycles. The van der Waals surface area contributed by atoms with Crippen molar-refractivity contribution in [1.82, 2.24) is 10.3 Å². The molecular formula is C24H23N3O3S. The first-order chi connectivity index (χ1) is 15.1. The maximum Gasteiger partial charge on any atom is 0.263 e. The molecule has 7 heteroatoms. The zero-order valence-corrected chi connectivity index (χ0v) is 18.2. The number of anilines is 1. The van der Waals surface area contributed by atoms with Gasteiger partial charge in [-0.05, 0) is 36.2 Å². The minimum atomic E-state index is -0.192. The van der Waals surface area contributed by atoms with Crippen molar-refractivity contribution < 1.29 is 14.3 Å². The van der Waals surface area contributed by atoms with Gasteiger partial charge in [-0.25, -0.2) is 4.98 Å². The van der Waals surface area contributed by atoms with E-state index in [-0.39, 0.29) is 5.91 Å². The number of nitrogens with one attached hydrogen (secondary N) is 1. The summed E-state index contributed by atoms with van der Waals surface area (Å²) in [6.45, 7) is 0.477. The number of hydrogen-bond acceptors (Lipinski definition) is 6. The number of hydrogen-bond donors (Lipinski definition) is 2. The lowest BCUT2D eigenvalue weighted by Crippen LogP contribution is -2.25. The van der Waals surface area contributed by atoms with Crippen LogP contribution in [0.15, 0.2) is 60.7 Å². The zero-order chi connectivity index (χ0) is 21.8. The maximum absolute atomic E-state index is 12.8. The molecule has 4 rings (SSSR count). The average molecular weight is 434 g/mol. The number of carbonyl (C=O) groups excluding carboxylic acids is 1. The van der Waals surface area contributed by atoms with Gasteiger partial charge in [-0.3, -0.25) is 4.79 Å². The summed E-state index contributed by atoms with van der Waals surface area (Å²) in [7, 11) is 3.20. The summed E-state index contributed by atoms with van der Waals surface area (Å²) in [6, 6.07) is 19.5. The normalized spacial score (nSPS) is 10.8. The SMILES string of the molecule is COc1ccc(CCNC(=O)c2sc3nc(-c4ccccc4)ccc3c2N)cc1OC. The van der Waals surface area contributed by atoms with Gasteiger partial charge in [0.1, 0.15) is 9.71 Å². The molecule has 0 saturated carbocycles. The predicted octanol–water partition coefficient (Wildman–Crippen LogP) is 4.54. The number of aromatic nitrogens is 1. The Morgan fingerprint density at radius 1 is 1.03 bits per heavy atom. The summed E-state index contributed by atoms with van der Waals surface area (Å²) in [5.41, 5.74) is 9.65. The monoisotopic (exact) mass is 433 g/mol. The third kappa shape index (κ3) is 4.32. The zero-order valence-electron chi connectivity index (χ0n) is 17.3. The van der Waals surface area contributed by atoms with Crippen LogP contribution in [-0.4, -0.2) is 31.7 Å². The minimum absolute atomic E-state index is 0.192. The molecule has 0 aliphatic carbocycles. The molecule has 4 aromatic rings. The molecule has 158 valence electrons. The van der Waals surface area contributed by atoms with Gasteiger partial charge in [0, 0.05) is 17.5 Å². The third-order valence-corrected chi connectivity index (χ3v) is 6.13. The van der Waals surface area contributed by atoms with Crippen molar-refractivity contribution in [2.24, 2.45) is 0 Å². The van der Waals surface area contributed by atoms with Gasteiger partial charge in [0.15, 0.2) is 11.5 Å². The van der Waals surface area contributed by atoms with Crippen molar-refractivity contribution in [3.05, 3.63) is 71.1 Å². The Hall–Kier alpha value is -3.58. The first-order valence-electron chi connectivity index (χ1n) is 9.84. The summed E-state index contributed by atoms with van der Waals surface area (Å²) in [5, 5.41) is 3.75. The van der Waals surface area contributed by atoms with Crippen LogP contribution in [0.1, 0.15) is 15.2 Å². The Labute approximate surface area is 184 Å². The fourth-order valence-corrected chi connectivity index (χ4v) is 4.38. The van der Waals surface area contributed by atoms with Crippen LogP contribution in [0.4, 0.5) is 5.69 Å². The van der Waals surface area contributed by atoms with Crippen LogP contribution in [0.5, 0.6) is 11.5 Å². The topological polar surface area (TPSA) is 86.5 Å². The number of methoxy groups -OCH3 is 2. The van der Waals surface area contributed by atoms with Crippen molar-refractivity contribution in [2.45, 2.75) is 6.42 Å². The molecule has 1 amide bonds. The number of rotatable bonds is 7. The van der Waals surface area contributed by atoms with Crippen LogP contribution in [-0.2, 0) is 6.42 Å². The van der Waals surface area contributed by atoms with Gasteiger partial charge in [0.25, 0.3) is 5.91 Å². The predicted molar refractivity (Wildman–Crippen MR) is 125 cm³/mol. The summed E-state index contributed by atoms with van der Waals surface area (Å²) in [5.74, 6) is 1.15. The van der Waals surface area contributed by atoms with Crippen molar-refractivity contribution in [3.8, 4) is 22.8 Å². The highest BCUT2D eigenvalue weighted by Crippen LogP contribution is 2.34. The minimum Gasteiger partial charge on any atom is -0.493 e. The molecular weight excluding hydrogens is 410 g/mol. The highest BCUT2D eigenvalue weighted by molar-refractivity contribution is 7.21. The second kappa shape index (κ2) is 9.06. The summed E-state index contributed by atoms with van der Waals surface area (Å²) < 4.78 is 10.6. The molecule has 0 fully saturated rings. The number of nitrogens with zero attached hydrogens (tertiary/aromatic N) is 1. The number of nitrogen functional groups attached to an aromatic ring is 1. The molecule has 3 N–H and O–H groups in total. The smallest absolute Gasteiger partial charge is 0.263 e. The van der Waals surface area contributed by atoms with E-state index in [2.05, 4.69) is 5.32 Å². The molecule has 0 radical (unpaired) electrons. The van der Waals surface area contributed by atoms with E-state index in [0.717, 1.165) is 27.0 Å². The third-order valence-electron chi connectivity index (χ3n) is 5.02. The van der Waals surface area contributed by atoms with Gasteiger partial charge in [0.2, 0.25) is 0 Å². The second-order valence-corrected chi connectivity index (χ2v) is 7.95. The summed E-state index contributed by atoms with van der Waals surface area (Å²) in [4.78, 5) is 18.7. The van der Waals surface area contributed by atoms with Gasteiger partial charge < -0.3 is 20.5 Å². The largest absolute Gasteiger partial charge is 0.493 e. The van der Waals surface area contributed by atoms with Crippen LogP contribution in [0.25, 0.3) is 21.5 Å². The Morgan fingerprint density at radius 3 is 2.55 bits per heavy atom. The quantitative estimate of drug-likeness (QED) is 0.447. The van der Waals surface area contributed by atoms with Crippen LogP contribution in [0.2, 0.25) is 0 Å². The highest BCUT2D eigenvalue weighted by atomic mass is 32.1. The van der Waals surface area contributed by atoms with E-state index >= 15 is 0 Å². The number of amides is 1. The molecule has 31 heavy (non-hydrogen) atoms. The van der Waals surface area contributed by atoms with Gasteiger partial charge >= 0.3 is 0 Å². The Morgan fingerprint density at radius 2 is 1.81 bits per heavy atom. The summed E-state index contributed by atoms with van der Waals surface area (Å²) >= 11 is 1.31. The first kappa shape index (κ1) is 20.7. The molecule has 0 saturated heterocycles. The van der Waals surface area contributed by atoms with Crippen molar-refractivity contribution in [3.63, 3.8) is 0 Å². The van der Waals surface area contributed by atoms with E-state index in [1.807, 2.05) is 60.7 Å². The van der Waals surface area contributed by atoms with E-state index < -0.39 is 0 Å². The van der Waals surface area contributed by atoms with E-state index in [9.17, 15) is 4.79 Å². The van der Waals surface area contributed by atoms with E-state index in [0.29, 0.717) is 35.0 Å². The van der Waals surface area contributed by atoms with Crippen LogP contribution in [0, 0.1) is 0 Å². The standard InChI is InChI=1S/C24H23N3O3S/c1-29-19-11-8-15(14-20(19)30-2)12-13-26-23(28)22-21(25)17-9-10-18(27-24(17)31-22)16-6-4-3-5-7-16/h3-11,14H,12-13,25H2,1-2H3,(H,26,28). The number of thiophene rings is 1. The van der Waals surface area contributed by atoms with Crippen molar-refractivity contribution >= 4 is 33.1 Å². The molecule has 2 aromatic heterocycles. The van der Waals surface area contributed by atoms with E-state index in [1.54, 1.807) is 14.2 Å². The first-order valence-corrected chi connectivity index (χ1v) is 10.7. The fourth-order valence-electron chi connectivity index (χ4n) is 3.37. The maximum atomic E-state index is 12.8. The van der Waals surface area contributed by atoms with Crippen LogP contribution < -0.4 is 20.5 Å². The Balaban J connectivity index is 1.47. The lowest BCUT2D eigenvalue weighted by Gasteiger charge is -2.10. The molecule has 0 bridgehead atoms. The second-order valence-electron chi connectivity index (χ2n) is 6.96. The van der Waals surface area contributed by atoms with Crippen molar-refractivity contribution in [2.75, 3.05) is 26.5 Å². The number of carbonyl (C=O) groups is 1. The molecule has 0 aliphatic rings. The van der Waals surface area contributed by atoms with Crippen molar-refractivity contribution in [1.29, 1.82) is 0 Å². The fraction of sp³-hybridized carbons (Fsp3) is 0.167. The molecule has 0 spiro atoms. The molecule has 0 aliphatic heterocycles. The Kier molecular flexibility index (Phi) is 6.04. The van der Waals surface area contributed by atoms with Crippen LogP contribution in [0.3, 0.4) is 0 Å². The van der Waals surface area contributed by atoms with E-state index in [4.69, 9.17) is 20.2 Å². The van der Waals surface area contributed by atoms with Gasteiger partial charge in [-0.15, -0.1) is 11.3 Å². The number of fused-ring (bicyclic) bond motifs is 1. The molecule has 6 nitrogen and oxygen atoms in total. The van der Waals surface area contributed by atoms with Gasteiger partial charge in [-0.1, -0.05) is 36.4 Å². The highest BCUT2D eigenvalue weighted by Gasteiger charge is 2.17. The average Bonchev–Trinajstić information content (AvgIpc) is 3.15. The van der Waals surface area contributed by atoms with Crippen LogP contribution >= 0.6 is 11.3 Å². The summed E-state index contributed by atoms with van der Waals surface area (Å²) in [6.07, 6.45) is 0.660. The number of nitrogens with two attached hydrogens (primary N) is 1. The van der Waals surface area contributed by atoms with Gasteiger partial charge in [-0.2, -0.15) is 0 Å². The number of pyridine rings is 1. The Bertz CT molecular complexity index is 1220. The lowest BCUT2D eigenvalue weighted by molar-refractivity contribution is 0.0959.